The van der Waals surface area contributed by atoms with Gasteiger partial charge in [0.05, 0.1) is 12.6 Å². The Hall–Kier alpha value is -5.18. The summed E-state index contributed by atoms with van der Waals surface area (Å²) in [5.74, 6) is -0.0507. The van der Waals surface area contributed by atoms with Crippen molar-refractivity contribution in [1.82, 2.24) is 19.6 Å². The maximum absolute atomic E-state index is 13.5. The van der Waals surface area contributed by atoms with Gasteiger partial charge in [-0.05, 0) is 89.5 Å². The highest BCUT2D eigenvalue weighted by Crippen LogP contribution is 2.33. The van der Waals surface area contributed by atoms with Crippen LogP contribution < -0.4 is 16.2 Å². The molecule has 1 fully saturated rings. The van der Waals surface area contributed by atoms with E-state index in [1.807, 2.05) is 84.8 Å². The molecule has 1 aliphatic rings. The smallest absolute Gasteiger partial charge is 0.440 e. The topological polar surface area (TPSA) is 110 Å². The molecule has 9 heteroatoms. The van der Waals surface area contributed by atoms with Crippen molar-refractivity contribution >= 4 is 5.91 Å². The lowest BCUT2D eigenvalue weighted by Crippen LogP contribution is -2.30. The summed E-state index contributed by atoms with van der Waals surface area (Å²) in [5.41, 5.74) is 6.14. The molecule has 1 aliphatic heterocycles. The van der Waals surface area contributed by atoms with Crippen molar-refractivity contribution in [3.05, 3.63) is 140 Å². The number of pyridine rings is 1. The van der Waals surface area contributed by atoms with Gasteiger partial charge >= 0.3 is 11.4 Å². The number of H-pyrrole nitrogens is 1. The molecule has 9 nitrogen and oxygen atoms in total. The molecule has 2 aromatic heterocycles. The van der Waals surface area contributed by atoms with E-state index in [-0.39, 0.29) is 18.5 Å². The number of nitrogens with zero attached hydrogens (tertiary/aromatic N) is 3. The Bertz CT molecular complexity index is 1820. The molecule has 1 N–H and O–H groups in total. The molecule has 0 saturated carbocycles. The second-order valence-corrected chi connectivity index (χ2v) is 10.5. The van der Waals surface area contributed by atoms with Crippen LogP contribution >= 0.6 is 0 Å². The zero-order valence-corrected chi connectivity index (χ0v) is 23.2. The van der Waals surface area contributed by atoms with Gasteiger partial charge in [0.25, 0.3) is 5.91 Å². The molecule has 212 valence electrons. The van der Waals surface area contributed by atoms with Gasteiger partial charge in [0.2, 0.25) is 0 Å². The second-order valence-electron chi connectivity index (χ2n) is 10.5. The normalized spacial score (nSPS) is 14.7. The highest BCUT2D eigenvalue weighted by molar-refractivity contribution is 5.95. The predicted octanol–water partition coefficient (Wildman–Crippen LogP) is 5.10. The first kappa shape index (κ1) is 27.0. The van der Waals surface area contributed by atoms with Crippen LogP contribution in [0.15, 0.2) is 105 Å². The first-order valence-corrected chi connectivity index (χ1v) is 13.9. The van der Waals surface area contributed by atoms with Crippen molar-refractivity contribution in [3.63, 3.8) is 0 Å². The van der Waals surface area contributed by atoms with Crippen LogP contribution in [0.5, 0.6) is 5.75 Å². The third-order valence-corrected chi connectivity index (χ3v) is 7.58. The molecule has 1 atom stereocenters. The van der Waals surface area contributed by atoms with E-state index in [9.17, 15) is 14.4 Å². The van der Waals surface area contributed by atoms with Crippen LogP contribution in [-0.4, -0.2) is 32.1 Å². The number of carbonyl (C=O) groups is 1. The van der Waals surface area contributed by atoms with Crippen molar-refractivity contribution in [1.29, 1.82) is 0 Å². The molecule has 1 saturated heterocycles. The van der Waals surface area contributed by atoms with Gasteiger partial charge < -0.3 is 14.2 Å². The van der Waals surface area contributed by atoms with Gasteiger partial charge in [-0.15, -0.1) is 4.74 Å². The average Bonchev–Trinajstić information content (AvgIpc) is 3.62. The molecule has 0 aliphatic carbocycles. The fourth-order valence-electron chi connectivity index (χ4n) is 5.49. The first-order chi connectivity index (χ1) is 20.4. The third-order valence-electron chi connectivity index (χ3n) is 7.58. The van der Waals surface area contributed by atoms with Crippen molar-refractivity contribution in [2.75, 3.05) is 6.54 Å². The number of amides is 1. The van der Waals surface area contributed by atoms with Crippen LogP contribution in [0.4, 0.5) is 0 Å². The Kier molecular flexibility index (Phi) is 7.55. The molecule has 3 heterocycles. The Morgan fingerprint density at radius 1 is 1.02 bits per heavy atom. The van der Waals surface area contributed by atoms with Gasteiger partial charge in [0.15, 0.2) is 0 Å². The summed E-state index contributed by atoms with van der Waals surface area (Å²) in [6.07, 6.45) is 5.54. The number of hydrogen-bond donors (Lipinski definition) is 1. The standard InChI is InChI=1S/C33H30N4O5/c1-22-17-26(31(38)36-16-4-8-30(36)27-7-3-15-34-19-27)11-14-29(22)25-6-2-5-24(18-25)21-41-28-12-9-23(10-13-28)20-37-32(39)35-33(40)42-37/h2-3,5-7,9-15,17-19,30H,4,8,16,20-21H2,1H3,(H,35,39,40). The molecule has 1 amide bonds. The lowest BCUT2D eigenvalue weighted by Gasteiger charge is -2.25. The molecule has 0 spiro atoms. The molecule has 1 unspecified atom stereocenters. The van der Waals surface area contributed by atoms with Crippen molar-refractivity contribution in [2.45, 2.75) is 39.0 Å². The highest BCUT2D eigenvalue weighted by Gasteiger charge is 2.30. The first-order valence-electron chi connectivity index (χ1n) is 13.9. The van der Waals surface area contributed by atoms with E-state index in [4.69, 9.17) is 9.26 Å². The summed E-state index contributed by atoms with van der Waals surface area (Å²) in [5, 5.41) is 0. The van der Waals surface area contributed by atoms with Gasteiger partial charge in [0, 0.05) is 24.5 Å². The summed E-state index contributed by atoms with van der Waals surface area (Å²) in [4.78, 5) is 44.6. The lowest BCUT2D eigenvalue weighted by molar-refractivity contribution is 0.0735. The minimum atomic E-state index is -0.779. The van der Waals surface area contributed by atoms with E-state index < -0.39 is 11.4 Å². The Balaban J connectivity index is 1.12. The Labute approximate surface area is 242 Å². The predicted molar refractivity (Wildman–Crippen MR) is 157 cm³/mol. The molecular formula is C33H30N4O5. The van der Waals surface area contributed by atoms with Gasteiger partial charge in [-0.25, -0.2) is 14.6 Å². The zero-order chi connectivity index (χ0) is 29.1. The average molecular weight is 563 g/mol. The van der Waals surface area contributed by atoms with Crippen LogP contribution in [0.1, 0.15) is 51.5 Å². The SMILES string of the molecule is Cc1cc(C(=O)N2CCCC2c2cccnc2)ccc1-c1cccc(COc2ccc(Cn3oc(=O)[nH]c3=O)cc2)c1. The molecule has 3 aromatic carbocycles. The number of aromatic nitrogens is 3. The maximum Gasteiger partial charge on any atom is 0.440 e. The molecular weight excluding hydrogens is 532 g/mol. The number of ether oxygens (including phenoxy) is 1. The largest absolute Gasteiger partial charge is 0.489 e. The number of aryl methyl sites for hydroxylation is 1. The van der Waals surface area contributed by atoms with E-state index in [0.29, 0.717) is 17.9 Å². The van der Waals surface area contributed by atoms with Crippen LogP contribution in [0, 0.1) is 6.92 Å². The van der Waals surface area contributed by atoms with Gasteiger partial charge in [0.1, 0.15) is 12.4 Å². The van der Waals surface area contributed by atoms with Crippen molar-refractivity contribution < 1.29 is 14.1 Å². The number of aromatic amines is 1. The summed E-state index contributed by atoms with van der Waals surface area (Å²) >= 11 is 0. The van der Waals surface area contributed by atoms with E-state index in [0.717, 1.165) is 57.5 Å². The monoisotopic (exact) mass is 562 g/mol. The maximum atomic E-state index is 13.5. The summed E-state index contributed by atoms with van der Waals surface area (Å²) in [6, 6.07) is 25.4. The second kappa shape index (κ2) is 11.7. The zero-order valence-electron chi connectivity index (χ0n) is 23.2. The molecule has 42 heavy (non-hydrogen) atoms. The fraction of sp³-hybridized carbons (Fsp3) is 0.212. The minimum absolute atomic E-state index is 0.0499. The van der Waals surface area contributed by atoms with Gasteiger partial charge in [-0.1, -0.05) is 42.5 Å². The number of hydrogen-bond acceptors (Lipinski definition) is 6. The van der Waals surface area contributed by atoms with Gasteiger partial charge in [-0.3, -0.25) is 9.78 Å². The van der Waals surface area contributed by atoms with Crippen molar-refractivity contribution in [3.8, 4) is 16.9 Å². The Morgan fingerprint density at radius 3 is 2.62 bits per heavy atom. The van der Waals surface area contributed by atoms with E-state index in [1.54, 1.807) is 6.20 Å². The Morgan fingerprint density at radius 2 is 1.88 bits per heavy atom. The number of benzene rings is 3. The summed E-state index contributed by atoms with van der Waals surface area (Å²) in [7, 11) is 0. The van der Waals surface area contributed by atoms with Crippen LogP contribution in [-0.2, 0) is 13.2 Å². The molecule has 6 rings (SSSR count). The quantitative estimate of drug-likeness (QED) is 0.282. The van der Waals surface area contributed by atoms with Crippen LogP contribution in [0.25, 0.3) is 11.1 Å². The van der Waals surface area contributed by atoms with Gasteiger partial charge in [-0.2, -0.15) is 0 Å². The minimum Gasteiger partial charge on any atom is -0.489 e. The highest BCUT2D eigenvalue weighted by atomic mass is 16.5. The molecule has 0 bridgehead atoms. The number of likely N-dealkylation sites (tertiary alicyclic amines) is 1. The lowest BCUT2D eigenvalue weighted by atomic mass is 9.96. The number of carbonyl (C=O) groups excluding carboxylic acids is 1. The number of nitrogens with one attached hydrogen (secondary N) is 1. The van der Waals surface area contributed by atoms with E-state index in [2.05, 4.69) is 22.1 Å². The van der Waals surface area contributed by atoms with Crippen LogP contribution in [0.3, 0.4) is 0 Å². The van der Waals surface area contributed by atoms with Crippen molar-refractivity contribution in [2.24, 2.45) is 0 Å². The van der Waals surface area contributed by atoms with E-state index >= 15 is 0 Å². The fourth-order valence-corrected chi connectivity index (χ4v) is 5.49. The van der Waals surface area contributed by atoms with E-state index in [1.165, 1.54) is 0 Å². The third kappa shape index (κ3) is 5.81. The van der Waals surface area contributed by atoms with Crippen LogP contribution in [0.2, 0.25) is 0 Å². The number of rotatable bonds is 8. The molecule has 5 aromatic rings. The molecule has 0 radical (unpaired) electrons. The summed E-state index contributed by atoms with van der Waals surface area (Å²) < 4.78 is 11.8. The summed E-state index contributed by atoms with van der Waals surface area (Å²) in [6.45, 7) is 3.30.